The summed E-state index contributed by atoms with van der Waals surface area (Å²) < 4.78 is 10.7. The maximum absolute atomic E-state index is 5.57. The lowest BCUT2D eigenvalue weighted by atomic mass is 10.1. The molecule has 3 rings (SSSR count). The number of nitrogens with two attached hydrogens (primary N) is 1. The van der Waals surface area contributed by atoms with Crippen molar-refractivity contribution in [2.24, 2.45) is 0 Å². The van der Waals surface area contributed by atoms with Crippen LogP contribution in [-0.4, -0.2) is 9.97 Å². The first-order valence-electron chi connectivity index (χ1n) is 5.36. The molecule has 0 radical (unpaired) electrons. The zero-order valence-corrected chi connectivity index (χ0v) is 9.30. The van der Waals surface area contributed by atoms with Crippen LogP contribution in [0.2, 0.25) is 0 Å². The number of hydrogen-bond donors (Lipinski definition) is 1. The summed E-state index contributed by atoms with van der Waals surface area (Å²) in [5.41, 5.74) is 8.86. The molecule has 0 spiro atoms. The largest absolute Gasteiger partial charge is 0.443 e. The molecule has 1 aromatic carbocycles. The minimum absolute atomic E-state index is 0.189. The van der Waals surface area contributed by atoms with Crippen LogP contribution in [0.1, 0.15) is 12.6 Å². The van der Waals surface area contributed by atoms with Crippen molar-refractivity contribution in [3.63, 3.8) is 0 Å². The molecule has 17 heavy (non-hydrogen) atoms. The Balaban J connectivity index is 2.18. The molecule has 2 aromatic heterocycles. The first-order valence-corrected chi connectivity index (χ1v) is 5.36. The summed E-state index contributed by atoms with van der Waals surface area (Å²) in [6.07, 6.45) is 2.19. The van der Waals surface area contributed by atoms with Gasteiger partial charge in [0.25, 0.3) is 6.01 Å². The Morgan fingerprint density at radius 2 is 2.24 bits per heavy atom. The second-order valence-electron chi connectivity index (χ2n) is 3.72. The lowest BCUT2D eigenvalue weighted by Crippen LogP contribution is -1.86. The number of oxazole rings is 2. The van der Waals surface area contributed by atoms with Gasteiger partial charge in [-0.05, 0) is 24.6 Å². The summed E-state index contributed by atoms with van der Waals surface area (Å²) in [7, 11) is 0. The predicted molar refractivity (Wildman–Crippen MR) is 63.3 cm³/mol. The Hall–Kier alpha value is -2.30. The topological polar surface area (TPSA) is 78.1 Å². The molecule has 0 amide bonds. The summed E-state index contributed by atoms with van der Waals surface area (Å²) >= 11 is 0. The minimum atomic E-state index is 0.189. The van der Waals surface area contributed by atoms with Gasteiger partial charge in [-0.25, -0.2) is 4.98 Å². The monoisotopic (exact) mass is 229 g/mol. The summed E-state index contributed by atoms with van der Waals surface area (Å²) in [5.74, 6) is 0.698. The van der Waals surface area contributed by atoms with Crippen molar-refractivity contribution >= 4 is 17.1 Å². The molecule has 0 aliphatic heterocycles. The second-order valence-corrected chi connectivity index (χ2v) is 3.72. The minimum Gasteiger partial charge on any atom is -0.443 e. The van der Waals surface area contributed by atoms with Crippen LogP contribution in [0.15, 0.2) is 33.4 Å². The normalized spacial score (nSPS) is 11.1. The van der Waals surface area contributed by atoms with E-state index in [1.165, 1.54) is 6.39 Å². The van der Waals surface area contributed by atoms with E-state index in [9.17, 15) is 0 Å². The zero-order valence-electron chi connectivity index (χ0n) is 9.30. The van der Waals surface area contributed by atoms with Gasteiger partial charge in [-0.3, -0.25) is 0 Å². The lowest BCUT2D eigenvalue weighted by molar-refractivity contribution is 0.591. The highest BCUT2D eigenvalue weighted by Crippen LogP contribution is 2.28. The molecule has 0 fully saturated rings. The highest BCUT2D eigenvalue weighted by Gasteiger charge is 2.13. The molecule has 2 N–H and O–H groups in total. The number of benzene rings is 1. The number of aryl methyl sites for hydroxylation is 1. The molecule has 5 heteroatoms. The molecular weight excluding hydrogens is 218 g/mol. The number of fused-ring (bicyclic) bond motifs is 1. The maximum Gasteiger partial charge on any atom is 0.292 e. The van der Waals surface area contributed by atoms with Crippen molar-refractivity contribution in [2.45, 2.75) is 13.3 Å². The first kappa shape index (κ1) is 9.89. The van der Waals surface area contributed by atoms with E-state index in [1.807, 2.05) is 25.1 Å². The van der Waals surface area contributed by atoms with Gasteiger partial charge in [-0.1, -0.05) is 6.92 Å². The van der Waals surface area contributed by atoms with Crippen molar-refractivity contribution in [1.82, 2.24) is 9.97 Å². The van der Waals surface area contributed by atoms with Crippen molar-refractivity contribution in [1.29, 1.82) is 0 Å². The molecule has 0 unspecified atom stereocenters. The van der Waals surface area contributed by atoms with Crippen LogP contribution in [0, 0.1) is 0 Å². The van der Waals surface area contributed by atoms with Crippen molar-refractivity contribution in [3.8, 4) is 11.3 Å². The van der Waals surface area contributed by atoms with Crippen LogP contribution in [0.4, 0.5) is 6.01 Å². The molecule has 0 aliphatic carbocycles. The lowest BCUT2D eigenvalue weighted by Gasteiger charge is -1.98. The van der Waals surface area contributed by atoms with Crippen LogP contribution in [-0.2, 0) is 6.42 Å². The van der Waals surface area contributed by atoms with E-state index in [0.717, 1.165) is 28.8 Å². The Bertz CT molecular complexity index is 669. The molecule has 0 saturated heterocycles. The fraction of sp³-hybridized carbons (Fsp3) is 0.167. The Kier molecular flexibility index (Phi) is 2.11. The Morgan fingerprint density at radius 3 is 3.06 bits per heavy atom. The predicted octanol–water partition coefficient (Wildman–Crippen LogP) is 2.63. The second kappa shape index (κ2) is 3.62. The molecule has 2 heterocycles. The SMILES string of the molecule is CCc1nc(N)oc1-c1ccc2ncoc2c1. The zero-order chi connectivity index (χ0) is 11.8. The van der Waals surface area contributed by atoms with E-state index >= 15 is 0 Å². The van der Waals surface area contributed by atoms with Gasteiger partial charge in [0.2, 0.25) is 0 Å². The molecule has 5 nitrogen and oxygen atoms in total. The van der Waals surface area contributed by atoms with E-state index in [0.29, 0.717) is 5.76 Å². The van der Waals surface area contributed by atoms with Gasteiger partial charge in [0.15, 0.2) is 17.7 Å². The molecular formula is C12H11N3O2. The number of aromatic nitrogens is 2. The summed E-state index contributed by atoms with van der Waals surface area (Å²) in [5, 5.41) is 0. The first-order chi connectivity index (χ1) is 8.28. The van der Waals surface area contributed by atoms with Crippen molar-refractivity contribution < 1.29 is 8.83 Å². The third-order valence-electron chi connectivity index (χ3n) is 2.64. The van der Waals surface area contributed by atoms with Gasteiger partial charge in [0.05, 0.1) is 5.69 Å². The highest BCUT2D eigenvalue weighted by atomic mass is 16.4. The van der Waals surface area contributed by atoms with Gasteiger partial charge < -0.3 is 14.6 Å². The average Bonchev–Trinajstić information content (AvgIpc) is 2.93. The average molecular weight is 229 g/mol. The smallest absolute Gasteiger partial charge is 0.292 e. The Morgan fingerprint density at radius 1 is 1.35 bits per heavy atom. The number of rotatable bonds is 2. The molecule has 0 aliphatic rings. The fourth-order valence-electron chi connectivity index (χ4n) is 1.83. The van der Waals surface area contributed by atoms with Crippen molar-refractivity contribution in [2.75, 3.05) is 5.73 Å². The van der Waals surface area contributed by atoms with Gasteiger partial charge in [0.1, 0.15) is 5.52 Å². The summed E-state index contributed by atoms with van der Waals surface area (Å²) in [4.78, 5) is 8.20. The van der Waals surface area contributed by atoms with Gasteiger partial charge in [-0.15, -0.1) is 0 Å². The third-order valence-corrected chi connectivity index (χ3v) is 2.64. The molecule has 3 aromatic rings. The fourth-order valence-corrected chi connectivity index (χ4v) is 1.83. The van der Waals surface area contributed by atoms with E-state index in [4.69, 9.17) is 14.6 Å². The van der Waals surface area contributed by atoms with Crippen LogP contribution >= 0.6 is 0 Å². The molecule has 0 atom stereocenters. The molecule has 0 saturated carbocycles. The number of hydrogen-bond acceptors (Lipinski definition) is 5. The van der Waals surface area contributed by atoms with Crippen LogP contribution in [0.25, 0.3) is 22.4 Å². The van der Waals surface area contributed by atoms with Gasteiger partial charge in [0, 0.05) is 5.56 Å². The van der Waals surface area contributed by atoms with E-state index in [2.05, 4.69) is 9.97 Å². The maximum atomic E-state index is 5.57. The Labute approximate surface area is 97.3 Å². The number of nitrogens with zero attached hydrogens (tertiary/aromatic N) is 2. The summed E-state index contributed by atoms with van der Waals surface area (Å²) in [6, 6.07) is 5.87. The van der Waals surface area contributed by atoms with Crippen molar-refractivity contribution in [3.05, 3.63) is 30.3 Å². The van der Waals surface area contributed by atoms with E-state index < -0.39 is 0 Å². The summed E-state index contributed by atoms with van der Waals surface area (Å²) in [6.45, 7) is 2.01. The van der Waals surface area contributed by atoms with Gasteiger partial charge in [-0.2, -0.15) is 4.98 Å². The van der Waals surface area contributed by atoms with E-state index in [1.54, 1.807) is 0 Å². The van der Waals surface area contributed by atoms with E-state index in [-0.39, 0.29) is 6.01 Å². The van der Waals surface area contributed by atoms with Crippen LogP contribution in [0.3, 0.4) is 0 Å². The molecule has 0 bridgehead atoms. The van der Waals surface area contributed by atoms with Crippen LogP contribution in [0.5, 0.6) is 0 Å². The van der Waals surface area contributed by atoms with Crippen LogP contribution < -0.4 is 5.73 Å². The highest BCUT2D eigenvalue weighted by molar-refractivity contribution is 5.79. The van der Waals surface area contributed by atoms with Gasteiger partial charge >= 0.3 is 0 Å². The third kappa shape index (κ3) is 1.56. The molecule has 86 valence electrons. The number of nitrogen functional groups attached to an aromatic ring is 1. The quantitative estimate of drug-likeness (QED) is 0.730. The standard InChI is InChI=1S/C12H11N3O2/c1-2-8-11(17-12(13)15-8)7-3-4-9-10(5-7)16-6-14-9/h3-6H,2H2,1H3,(H2,13,15). The number of anilines is 1.